The van der Waals surface area contributed by atoms with Crippen LogP contribution in [0.4, 0.5) is 52.7 Å². The van der Waals surface area contributed by atoms with Crippen LogP contribution in [-0.4, -0.2) is 62.1 Å². The quantitative estimate of drug-likeness (QED) is 0.111. The molecule has 0 aliphatic heterocycles. The van der Waals surface area contributed by atoms with Crippen LogP contribution in [0.15, 0.2) is 79.4 Å². The topological polar surface area (TPSA) is 71.1 Å². The average molecular weight is 787 g/mol. The van der Waals surface area contributed by atoms with Crippen LogP contribution < -0.4 is 9.47 Å². The second kappa shape index (κ2) is 17.3. The van der Waals surface area contributed by atoms with Crippen molar-refractivity contribution < 1.29 is 81.2 Å². The first-order valence-corrected chi connectivity index (χ1v) is 15.5. The van der Waals surface area contributed by atoms with Crippen molar-refractivity contribution in [3.05, 3.63) is 90.5 Å². The minimum Gasteiger partial charge on any atom is -0.482 e. The summed E-state index contributed by atoms with van der Waals surface area (Å²) in [4.78, 5) is 22.7. The minimum atomic E-state index is -5.76. The van der Waals surface area contributed by atoms with Crippen molar-refractivity contribution in [3.8, 4) is 11.5 Å². The number of alkyl halides is 12. The highest BCUT2D eigenvalue weighted by Gasteiger charge is 2.60. The summed E-state index contributed by atoms with van der Waals surface area (Å²) >= 11 is 0. The van der Waals surface area contributed by atoms with Gasteiger partial charge in [0.15, 0.2) is 13.2 Å². The van der Waals surface area contributed by atoms with Crippen molar-refractivity contribution >= 4 is 39.6 Å². The van der Waals surface area contributed by atoms with E-state index in [2.05, 4.69) is 29.9 Å². The third kappa shape index (κ3) is 12.5. The Kier molecular flexibility index (Phi) is 13.9. The SMILES string of the molecule is C=Cc1ccc2cc(OCC(=O)OC(C(F)(F)F)C(F)(F)F)ccc2c1.CCC(C)c1ccc2cc(OCC(=O)OC(C(F)(F)F)C(F)(F)F)ccc2c1. The van der Waals surface area contributed by atoms with Crippen LogP contribution >= 0.6 is 0 Å². The minimum absolute atomic E-state index is 0.0939. The monoisotopic (exact) mass is 786 g/mol. The van der Waals surface area contributed by atoms with E-state index in [0.29, 0.717) is 11.3 Å². The number of carbonyl (C=O) groups excluding carboxylic acids is 2. The molecule has 0 spiro atoms. The third-order valence-corrected chi connectivity index (χ3v) is 7.49. The number of benzene rings is 4. The average Bonchev–Trinajstić information content (AvgIpc) is 3.08. The van der Waals surface area contributed by atoms with Gasteiger partial charge in [0.1, 0.15) is 11.5 Å². The van der Waals surface area contributed by atoms with Gasteiger partial charge in [0.2, 0.25) is 0 Å². The highest BCUT2D eigenvalue weighted by Crippen LogP contribution is 2.37. The molecule has 54 heavy (non-hydrogen) atoms. The number of carbonyl (C=O) groups is 2. The van der Waals surface area contributed by atoms with E-state index in [4.69, 9.17) is 9.47 Å². The summed E-state index contributed by atoms with van der Waals surface area (Å²) in [5.41, 5.74) is 2.00. The number of esters is 2. The summed E-state index contributed by atoms with van der Waals surface area (Å²) in [6, 6.07) is 20.3. The number of rotatable bonds is 11. The fraction of sp³-hybridized carbons (Fsp3) is 0.333. The van der Waals surface area contributed by atoms with Gasteiger partial charge >= 0.3 is 36.6 Å². The van der Waals surface area contributed by atoms with Crippen molar-refractivity contribution in [3.63, 3.8) is 0 Å². The van der Waals surface area contributed by atoms with Crippen molar-refractivity contribution in [2.75, 3.05) is 13.2 Å². The maximum absolute atomic E-state index is 12.4. The molecule has 0 saturated heterocycles. The molecule has 0 bridgehead atoms. The molecular formula is C36H30F12O6. The number of halogens is 12. The Hall–Kier alpha value is -5.16. The molecule has 1 unspecified atom stereocenters. The first kappa shape index (κ1) is 43.2. The zero-order chi connectivity index (χ0) is 40.6. The Morgan fingerprint density at radius 3 is 1.35 bits per heavy atom. The maximum Gasteiger partial charge on any atom is 0.434 e. The van der Waals surface area contributed by atoms with E-state index in [9.17, 15) is 62.3 Å². The zero-order valence-electron chi connectivity index (χ0n) is 28.1. The fourth-order valence-electron chi connectivity index (χ4n) is 4.59. The van der Waals surface area contributed by atoms with Gasteiger partial charge < -0.3 is 18.9 Å². The molecule has 0 radical (unpaired) electrons. The molecule has 4 aromatic rings. The Morgan fingerprint density at radius 1 is 0.593 bits per heavy atom. The molecule has 0 aliphatic rings. The van der Waals surface area contributed by atoms with Crippen molar-refractivity contribution in [1.29, 1.82) is 0 Å². The molecule has 0 fully saturated rings. The van der Waals surface area contributed by atoms with Gasteiger partial charge in [-0.15, -0.1) is 0 Å². The molecule has 0 saturated carbocycles. The summed E-state index contributed by atoms with van der Waals surface area (Å²) < 4.78 is 165. The number of hydrogen-bond donors (Lipinski definition) is 0. The third-order valence-electron chi connectivity index (χ3n) is 7.49. The smallest absolute Gasteiger partial charge is 0.434 e. The van der Waals surface area contributed by atoms with Crippen molar-refractivity contribution in [2.45, 2.75) is 63.1 Å². The Labute approximate surface area is 299 Å². The molecule has 0 aromatic heterocycles. The molecule has 6 nitrogen and oxygen atoms in total. The van der Waals surface area contributed by atoms with Crippen molar-refractivity contribution in [2.24, 2.45) is 0 Å². The zero-order valence-corrected chi connectivity index (χ0v) is 28.1. The second-order valence-electron chi connectivity index (χ2n) is 11.5. The number of ether oxygens (including phenoxy) is 4. The van der Waals surface area contributed by atoms with Crippen LogP contribution in [0.5, 0.6) is 11.5 Å². The lowest BCUT2D eigenvalue weighted by molar-refractivity contribution is -0.314. The Morgan fingerprint density at radius 2 is 0.963 bits per heavy atom. The van der Waals surface area contributed by atoms with E-state index >= 15 is 0 Å². The second-order valence-corrected chi connectivity index (χ2v) is 11.5. The summed E-state index contributed by atoms with van der Waals surface area (Å²) in [6.45, 7) is 5.59. The first-order valence-electron chi connectivity index (χ1n) is 15.5. The largest absolute Gasteiger partial charge is 0.482 e. The molecule has 0 N–H and O–H groups in total. The molecule has 0 amide bonds. The molecule has 4 aromatic carbocycles. The van der Waals surface area contributed by atoms with Crippen LogP contribution in [0, 0.1) is 0 Å². The van der Waals surface area contributed by atoms with Gasteiger partial charge in [0, 0.05) is 0 Å². The van der Waals surface area contributed by atoms with Gasteiger partial charge in [-0.05, 0) is 75.3 Å². The van der Waals surface area contributed by atoms with Gasteiger partial charge in [-0.2, -0.15) is 52.7 Å². The van der Waals surface area contributed by atoms with Crippen LogP contribution in [0.25, 0.3) is 27.6 Å². The van der Waals surface area contributed by atoms with E-state index in [1.54, 1.807) is 30.3 Å². The van der Waals surface area contributed by atoms with Gasteiger partial charge in [-0.3, -0.25) is 0 Å². The highest BCUT2D eigenvalue weighted by atomic mass is 19.4. The Balaban J connectivity index is 0.000000291. The standard InChI is InChI=1S/C19H18F6O3.C17H12F6O3/c1-3-11(2)12-4-5-14-9-15(7-6-13(14)8-12)27-10-16(26)28-17(18(20,21)22)19(23,24)25;1-2-10-3-4-12-8-13(6-5-11(12)7-10)25-9-14(24)26-15(16(18,19)20)17(21,22)23/h4-9,11,17H,3,10H2,1-2H3;2-8,15H,1,9H2. The maximum atomic E-state index is 12.4. The van der Waals surface area contributed by atoms with E-state index in [1.165, 1.54) is 24.3 Å². The molecule has 0 heterocycles. The lowest BCUT2D eigenvalue weighted by Gasteiger charge is -2.22. The predicted molar refractivity (Wildman–Crippen MR) is 172 cm³/mol. The fourth-order valence-corrected chi connectivity index (χ4v) is 4.59. The normalized spacial score (nSPS) is 13.0. The summed E-state index contributed by atoms with van der Waals surface area (Å²) in [7, 11) is 0. The Bertz CT molecular complexity index is 1890. The van der Waals surface area contributed by atoms with Gasteiger partial charge in [0.25, 0.3) is 12.2 Å². The molecule has 294 valence electrons. The number of hydrogen-bond acceptors (Lipinski definition) is 6. The predicted octanol–water partition coefficient (Wildman–Crippen LogP) is 10.7. The summed E-state index contributed by atoms with van der Waals surface area (Å²) in [5, 5.41) is 3.15. The lowest BCUT2D eigenvalue weighted by Crippen LogP contribution is -2.46. The van der Waals surface area contributed by atoms with E-state index in [-0.39, 0.29) is 11.5 Å². The van der Waals surface area contributed by atoms with Gasteiger partial charge in [0.05, 0.1) is 0 Å². The van der Waals surface area contributed by atoms with E-state index in [1.807, 2.05) is 24.3 Å². The van der Waals surface area contributed by atoms with E-state index < -0.39 is 62.1 Å². The number of fused-ring (bicyclic) bond motifs is 2. The van der Waals surface area contributed by atoms with Crippen molar-refractivity contribution in [1.82, 2.24) is 0 Å². The molecule has 0 aliphatic carbocycles. The van der Waals surface area contributed by atoms with E-state index in [0.717, 1.165) is 33.7 Å². The molecular weight excluding hydrogens is 756 g/mol. The highest BCUT2D eigenvalue weighted by molar-refractivity contribution is 5.86. The molecule has 4 rings (SSSR count). The van der Waals surface area contributed by atoms with Crippen LogP contribution in [-0.2, 0) is 19.1 Å². The first-order chi connectivity index (χ1) is 24.9. The van der Waals surface area contributed by atoms with Crippen LogP contribution in [0.2, 0.25) is 0 Å². The van der Waals surface area contributed by atoms with Gasteiger partial charge in [-0.25, -0.2) is 9.59 Å². The molecule has 18 heteroatoms. The summed E-state index contributed by atoms with van der Waals surface area (Å²) in [5.74, 6) is -2.98. The van der Waals surface area contributed by atoms with Crippen LogP contribution in [0.3, 0.4) is 0 Å². The lowest BCUT2D eigenvalue weighted by atomic mass is 9.96. The van der Waals surface area contributed by atoms with Gasteiger partial charge in [-0.1, -0.05) is 69.0 Å². The molecule has 1 atom stereocenters. The van der Waals surface area contributed by atoms with Crippen LogP contribution in [0.1, 0.15) is 37.3 Å². The summed E-state index contributed by atoms with van der Waals surface area (Å²) in [6.07, 6.45) is -28.8.